The average molecular weight is 424 g/mol. The molecule has 1 heterocycles. The molecular weight excluding hydrogens is 406 g/mol. The van der Waals surface area contributed by atoms with Gasteiger partial charge in [0.25, 0.3) is 5.56 Å². The van der Waals surface area contributed by atoms with E-state index in [2.05, 4.69) is 20.5 Å². The molecule has 0 unspecified atom stereocenters. The van der Waals surface area contributed by atoms with E-state index in [0.29, 0.717) is 34.3 Å². The fourth-order valence-corrected chi connectivity index (χ4v) is 2.98. The lowest BCUT2D eigenvalue weighted by Gasteiger charge is -2.11. The Morgan fingerprint density at radius 2 is 2.10 bits per heavy atom. The molecule has 0 bridgehead atoms. The molecule has 0 saturated carbocycles. The highest BCUT2D eigenvalue weighted by molar-refractivity contribution is 6.32. The molecule has 0 fully saturated rings. The number of rotatable bonds is 7. The summed E-state index contributed by atoms with van der Waals surface area (Å²) in [5.74, 6) is 1.03. The van der Waals surface area contributed by atoms with E-state index >= 15 is 0 Å². The second-order valence-corrected chi connectivity index (χ2v) is 6.36. The molecule has 0 saturated heterocycles. The molecule has 2 aromatic carbocycles. The number of aromatic amines is 1. The van der Waals surface area contributed by atoms with E-state index in [0.717, 1.165) is 0 Å². The third-order valence-electron chi connectivity index (χ3n) is 4.00. The second-order valence-electron chi connectivity index (χ2n) is 5.95. The van der Waals surface area contributed by atoms with Crippen molar-refractivity contribution < 1.29 is 9.47 Å². The highest BCUT2D eigenvalue weighted by atomic mass is 35.5. The van der Waals surface area contributed by atoms with Crippen molar-refractivity contribution in [2.45, 2.75) is 6.92 Å². The van der Waals surface area contributed by atoms with Crippen molar-refractivity contribution in [2.75, 3.05) is 19.1 Å². The number of hydrogen-bond donors (Lipinski definition) is 2. The maximum Gasteiger partial charge on any atom is 0.270 e. The first-order valence-electron chi connectivity index (χ1n) is 8.96. The first-order chi connectivity index (χ1) is 14.6. The van der Waals surface area contributed by atoms with Crippen LogP contribution in [-0.2, 0) is 0 Å². The molecule has 3 rings (SSSR count). The molecule has 0 aliphatic heterocycles. The Balaban J connectivity index is 1.89. The molecule has 2 N–H and O–H groups in total. The second kappa shape index (κ2) is 9.58. The van der Waals surface area contributed by atoms with E-state index in [-0.39, 0.29) is 17.2 Å². The molecule has 0 radical (unpaired) electrons. The van der Waals surface area contributed by atoms with Gasteiger partial charge in [-0.25, -0.2) is 10.4 Å². The van der Waals surface area contributed by atoms with Gasteiger partial charge in [0.1, 0.15) is 11.6 Å². The summed E-state index contributed by atoms with van der Waals surface area (Å²) in [7, 11) is 1.52. The largest absolute Gasteiger partial charge is 0.493 e. The van der Waals surface area contributed by atoms with Gasteiger partial charge in [-0.3, -0.25) is 9.78 Å². The Morgan fingerprint density at radius 3 is 2.77 bits per heavy atom. The van der Waals surface area contributed by atoms with Crippen LogP contribution in [0.4, 0.5) is 5.95 Å². The zero-order valence-electron chi connectivity index (χ0n) is 16.3. The van der Waals surface area contributed by atoms with Crippen LogP contribution in [0.25, 0.3) is 11.3 Å². The number of halogens is 1. The quantitative estimate of drug-likeness (QED) is 0.441. The first-order valence-corrected chi connectivity index (χ1v) is 9.34. The molecule has 0 aliphatic rings. The molecule has 8 nitrogen and oxygen atoms in total. The topological polar surface area (TPSA) is 112 Å². The van der Waals surface area contributed by atoms with Crippen LogP contribution in [0.5, 0.6) is 11.5 Å². The third kappa shape index (κ3) is 4.59. The number of methoxy groups -OCH3 is 1. The average Bonchev–Trinajstić information content (AvgIpc) is 2.75. The standard InChI is InChI=1S/C21H18ClN5O3/c1-3-30-19-16(22)9-13(10-17(19)29-2)12-24-27-21-25-18(14-7-5-4-6-8-14)15(11-23)20(28)26-21/h4-10,12H,3H2,1-2H3,(H2,25,26,27,28). The van der Waals surface area contributed by atoms with Crippen LogP contribution in [0, 0.1) is 11.3 Å². The Kier molecular flexibility index (Phi) is 6.67. The summed E-state index contributed by atoms with van der Waals surface area (Å²) in [6.07, 6.45) is 1.49. The number of hydrazone groups is 1. The van der Waals surface area contributed by atoms with Gasteiger partial charge in [-0.2, -0.15) is 10.4 Å². The summed E-state index contributed by atoms with van der Waals surface area (Å²) in [6, 6.07) is 14.2. The molecular formula is C21H18ClN5O3. The van der Waals surface area contributed by atoms with E-state index in [4.69, 9.17) is 21.1 Å². The van der Waals surface area contributed by atoms with Crippen LogP contribution in [0.15, 0.2) is 52.4 Å². The molecule has 30 heavy (non-hydrogen) atoms. The number of nitrogens with one attached hydrogen (secondary N) is 2. The van der Waals surface area contributed by atoms with Gasteiger partial charge in [-0.1, -0.05) is 41.9 Å². The summed E-state index contributed by atoms with van der Waals surface area (Å²) in [4.78, 5) is 19.1. The van der Waals surface area contributed by atoms with Crippen molar-refractivity contribution in [3.05, 3.63) is 69.0 Å². The Bertz CT molecular complexity index is 1170. The lowest BCUT2D eigenvalue weighted by molar-refractivity contribution is 0.311. The number of ether oxygens (including phenoxy) is 2. The smallest absolute Gasteiger partial charge is 0.270 e. The fraction of sp³-hybridized carbons (Fsp3) is 0.143. The minimum absolute atomic E-state index is 0.0706. The normalized spacial score (nSPS) is 10.6. The van der Waals surface area contributed by atoms with Crippen molar-refractivity contribution >= 4 is 23.8 Å². The van der Waals surface area contributed by atoms with Gasteiger partial charge in [0.05, 0.1) is 30.6 Å². The minimum Gasteiger partial charge on any atom is -0.493 e. The van der Waals surface area contributed by atoms with Gasteiger partial charge in [0.2, 0.25) is 5.95 Å². The number of H-pyrrole nitrogens is 1. The van der Waals surface area contributed by atoms with Gasteiger partial charge in [-0.15, -0.1) is 0 Å². The van der Waals surface area contributed by atoms with Crippen LogP contribution >= 0.6 is 11.6 Å². The van der Waals surface area contributed by atoms with Crippen molar-refractivity contribution in [1.29, 1.82) is 5.26 Å². The zero-order chi connectivity index (χ0) is 21.5. The summed E-state index contributed by atoms with van der Waals surface area (Å²) >= 11 is 6.25. The number of anilines is 1. The third-order valence-corrected chi connectivity index (χ3v) is 4.28. The van der Waals surface area contributed by atoms with E-state index in [9.17, 15) is 10.1 Å². The summed E-state index contributed by atoms with van der Waals surface area (Å²) in [5, 5.41) is 13.8. The predicted molar refractivity (Wildman–Crippen MR) is 115 cm³/mol. The van der Waals surface area contributed by atoms with Crippen molar-refractivity contribution in [3.8, 4) is 28.8 Å². The minimum atomic E-state index is -0.560. The molecule has 9 heteroatoms. The van der Waals surface area contributed by atoms with Crippen LogP contribution in [0.3, 0.4) is 0 Å². The summed E-state index contributed by atoms with van der Waals surface area (Å²) in [6.45, 7) is 2.30. The van der Waals surface area contributed by atoms with E-state index in [1.165, 1.54) is 13.3 Å². The molecule has 3 aromatic rings. The molecule has 0 aliphatic carbocycles. The van der Waals surface area contributed by atoms with Crippen molar-refractivity contribution in [1.82, 2.24) is 9.97 Å². The Labute approximate surface area is 177 Å². The number of aromatic nitrogens is 2. The SMILES string of the molecule is CCOc1c(Cl)cc(C=NNc2nc(-c3ccccc3)c(C#N)c(=O)[nH]2)cc1OC. The van der Waals surface area contributed by atoms with Gasteiger partial charge in [0, 0.05) is 5.56 Å². The predicted octanol–water partition coefficient (Wildman–Crippen LogP) is 3.82. The number of nitriles is 1. The van der Waals surface area contributed by atoms with E-state index < -0.39 is 5.56 Å². The number of hydrogen-bond acceptors (Lipinski definition) is 7. The molecule has 0 atom stereocenters. The monoisotopic (exact) mass is 423 g/mol. The van der Waals surface area contributed by atoms with Gasteiger partial charge < -0.3 is 9.47 Å². The maximum atomic E-state index is 12.3. The van der Waals surface area contributed by atoms with Gasteiger partial charge in [0.15, 0.2) is 11.5 Å². The van der Waals surface area contributed by atoms with Crippen LogP contribution < -0.4 is 20.5 Å². The number of benzene rings is 2. The fourth-order valence-electron chi connectivity index (χ4n) is 2.70. The van der Waals surface area contributed by atoms with Crippen molar-refractivity contribution in [2.24, 2.45) is 5.10 Å². The summed E-state index contributed by atoms with van der Waals surface area (Å²) in [5.41, 5.74) is 3.60. The highest BCUT2D eigenvalue weighted by Crippen LogP contribution is 2.36. The van der Waals surface area contributed by atoms with Crippen molar-refractivity contribution in [3.63, 3.8) is 0 Å². The number of nitrogens with zero attached hydrogens (tertiary/aromatic N) is 3. The summed E-state index contributed by atoms with van der Waals surface area (Å²) < 4.78 is 10.8. The molecule has 1 aromatic heterocycles. The van der Waals surface area contributed by atoms with Gasteiger partial charge >= 0.3 is 0 Å². The Morgan fingerprint density at radius 1 is 1.33 bits per heavy atom. The molecule has 152 valence electrons. The Hall–Kier alpha value is -3.83. The van der Waals surface area contributed by atoms with Crippen LogP contribution in [-0.4, -0.2) is 29.9 Å². The maximum absolute atomic E-state index is 12.3. The lowest BCUT2D eigenvalue weighted by atomic mass is 10.1. The molecule has 0 amide bonds. The first kappa shape index (κ1) is 20.9. The zero-order valence-corrected chi connectivity index (χ0v) is 17.0. The lowest BCUT2D eigenvalue weighted by Crippen LogP contribution is -2.16. The van der Waals surface area contributed by atoms with E-state index in [1.54, 1.807) is 36.4 Å². The highest BCUT2D eigenvalue weighted by Gasteiger charge is 2.13. The van der Waals surface area contributed by atoms with Crippen LogP contribution in [0.2, 0.25) is 5.02 Å². The van der Waals surface area contributed by atoms with Gasteiger partial charge in [-0.05, 0) is 24.6 Å². The van der Waals surface area contributed by atoms with Crippen LogP contribution in [0.1, 0.15) is 18.1 Å². The molecule has 0 spiro atoms. The van der Waals surface area contributed by atoms with E-state index in [1.807, 2.05) is 19.1 Å².